The molecular weight excluding hydrogens is 1050 g/mol. The standard InChI is InChI=1S/C10H12.C6H7N.C5H5N.C4H8.3C3H8.C2H6S2.C2H5S.3C2H6.CH3.2Rh.Ta/c1-2-6-10-8-4-3-7-9(10)5-1;1-7-5-3-2-4-6-7;1-2-4-6-5-3-1;1-4(2)3;3*1-3-2;1-3-4-2;1-3-2;3*1-2;;;;/h1-2,5-6H,3-4,7-8H2;2-6H,1H2;1-5H;1H2,2-3H3;3*3H2,1-2H3;1-2H3;1H2,2H3;3*1-2H3;1H3;;;/q;;;;;;;;-1;;;;-1;;;+2. The van der Waals surface area contributed by atoms with Gasteiger partial charge in [0, 0.05) is 58.4 Å². The van der Waals surface area contributed by atoms with E-state index in [9.17, 15) is 0 Å². The molecule has 1 aliphatic rings. The molecule has 0 amide bonds. The molecule has 0 unspecified atom stereocenters. The summed E-state index contributed by atoms with van der Waals surface area (Å²) in [4.78, 5) is 3.78. The molecule has 3 aromatic rings. The summed E-state index contributed by atoms with van der Waals surface area (Å²) in [6, 6.07) is 20.4. The number of hydrogen-bond acceptors (Lipinski definition) is 4. The molecule has 0 fully saturated rings. The van der Waals surface area contributed by atoms with Gasteiger partial charge in [0.15, 0.2) is 0 Å². The minimum absolute atomic E-state index is 0. The Labute approximate surface area is 390 Å². The number of thioether (sulfide) groups is 1. The summed E-state index contributed by atoms with van der Waals surface area (Å²) in [6.07, 6.45) is 25.9. The van der Waals surface area contributed by atoms with E-state index in [1.807, 2.05) is 110 Å². The maximum absolute atomic E-state index is 3.78. The van der Waals surface area contributed by atoms with Crippen molar-refractivity contribution in [1.82, 2.24) is 4.98 Å². The van der Waals surface area contributed by atoms with E-state index in [1.54, 1.807) is 49.7 Å². The maximum Gasteiger partial charge on any atom is 2.00 e. The summed E-state index contributed by atoms with van der Waals surface area (Å²) in [5.41, 5.74) is 4.32. The van der Waals surface area contributed by atoms with E-state index >= 15 is 0 Å². The predicted molar refractivity (Wildman–Crippen MR) is 249 cm³/mol. The average molecular weight is 1140 g/mol. The third-order valence-corrected chi connectivity index (χ3v) is 5.10. The molecule has 0 saturated carbocycles. The van der Waals surface area contributed by atoms with Gasteiger partial charge in [-0.1, -0.05) is 178 Å². The molecule has 1 aliphatic carbocycles. The molecule has 8 heteroatoms. The van der Waals surface area contributed by atoms with E-state index in [2.05, 4.69) is 103 Å². The average Bonchev–Trinajstić information content (AvgIpc) is 3.14. The Morgan fingerprint density at radius 1 is 0.642 bits per heavy atom. The molecule has 0 spiro atoms. The molecule has 2 nitrogen and oxygen atoms in total. The van der Waals surface area contributed by atoms with E-state index in [0.717, 1.165) is 0 Å². The molecule has 1 aromatic carbocycles. The fourth-order valence-corrected chi connectivity index (χ4v) is 2.42. The van der Waals surface area contributed by atoms with Gasteiger partial charge in [0.1, 0.15) is 0 Å². The van der Waals surface area contributed by atoms with Crippen molar-refractivity contribution in [1.29, 1.82) is 0 Å². The van der Waals surface area contributed by atoms with Gasteiger partial charge in [0.25, 0.3) is 0 Å². The number of aromatic nitrogens is 2. The van der Waals surface area contributed by atoms with Crippen LogP contribution in [-0.4, -0.2) is 23.8 Å². The second kappa shape index (κ2) is 98.9. The first kappa shape index (κ1) is 85.4. The van der Waals surface area contributed by atoms with Gasteiger partial charge in [0.2, 0.25) is 0 Å². The summed E-state index contributed by atoms with van der Waals surface area (Å²) in [6.45, 7) is 32.2. The number of fused-ring (bicyclic) bond motifs is 1. The van der Waals surface area contributed by atoms with Crippen LogP contribution in [0.2, 0.25) is 0 Å². The Morgan fingerprint density at radius 3 is 1.04 bits per heavy atom. The summed E-state index contributed by atoms with van der Waals surface area (Å²) in [7, 11) is 7.18. The van der Waals surface area contributed by atoms with E-state index in [1.165, 1.54) is 62.3 Å². The molecule has 319 valence electrons. The second-order valence-electron chi connectivity index (χ2n) is 9.34. The summed E-state index contributed by atoms with van der Waals surface area (Å²) < 4.78 is 1.75. The Bertz CT molecular complexity index is 799. The van der Waals surface area contributed by atoms with Crippen molar-refractivity contribution in [3.8, 4) is 0 Å². The fourth-order valence-electron chi connectivity index (χ4n) is 2.42. The van der Waals surface area contributed by atoms with Gasteiger partial charge in [-0.15, -0.1) is 6.58 Å². The van der Waals surface area contributed by atoms with Gasteiger partial charge in [-0.25, -0.2) is 0 Å². The molecule has 0 N–H and O–H groups in total. The van der Waals surface area contributed by atoms with Crippen LogP contribution in [0.1, 0.15) is 140 Å². The van der Waals surface area contributed by atoms with Crippen LogP contribution in [0.5, 0.6) is 0 Å². The molecule has 0 bridgehead atoms. The molecule has 4 rings (SSSR count). The van der Waals surface area contributed by atoms with Crippen LogP contribution in [0.25, 0.3) is 0 Å². The smallest absolute Gasteiger partial charge is 0.358 e. The third kappa shape index (κ3) is 119. The number of rotatable bonds is 1. The maximum atomic E-state index is 3.78. The minimum atomic E-state index is 0. The second-order valence-corrected chi connectivity index (χ2v) is 12.6. The van der Waals surface area contributed by atoms with Crippen LogP contribution in [0.4, 0.5) is 0 Å². The van der Waals surface area contributed by atoms with E-state index < -0.39 is 0 Å². The van der Waals surface area contributed by atoms with Crippen molar-refractivity contribution < 1.29 is 65.9 Å². The third-order valence-electron chi connectivity index (χ3n) is 3.77. The van der Waals surface area contributed by atoms with Gasteiger partial charge in [-0.2, -0.15) is 0 Å². The Balaban J connectivity index is -0.0000000360. The van der Waals surface area contributed by atoms with Crippen LogP contribution in [0, 0.1) is 20.7 Å². The molecule has 53 heavy (non-hydrogen) atoms. The molecule has 0 saturated heterocycles. The van der Waals surface area contributed by atoms with E-state index in [0.29, 0.717) is 0 Å². The quantitative estimate of drug-likeness (QED) is 0.0794. The SMILES string of the molecule is C=C(C)C.CC.CC.CC.CCC.CCC.CCC.CSSC.[CH2-]SC.[CH2-][n+]1ccccc1.[CH3-].[Rh].[Rh].[Ta+2].c1ccc2c(c1)CCCC2.c1ccncc1. The summed E-state index contributed by atoms with van der Waals surface area (Å²) in [5, 5.41) is 0. The van der Waals surface area contributed by atoms with Crippen molar-refractivity contribution in [2.45, 2.75) is 142 Å². The Hall–Kier alpha value is 0.167. The van der Waals surface area contributed by atoms with Crippen LogP contribution >= 0.6 is 33.3 Å². The predicted octanol–water partition coefficient (Wildman–Crippen LogP) is 16.4. The molecular formula is C45H88N2Rh2S3Ta. The first-order valence-corrected chi connectivity index (χ1v) is 22.7. The Morgan fingerprint density at radius 2 is 0.887 bits per heavy atom. The van der Waals surface area contributed by atoms with Crippen molar-refractivity contribution in [3.05, 3.63) is 129 Å². The first-order valence-electron chi connectivity index (χ1n) is 18.3. The topological polar surface area (TPSA) is 16.8 Å². The normalized spacial score (nSPS) is 7.89. The molecule has 0 atom stereocenters. The number of allylic oxidation sites excluding steroid dienone is 1. The van der Waals surface area contributed by atoms with Crippen LogP contribution in [0.15, 0.2) is 97.6 Å². The molecule has 3 radical (unpaired) electrons. The zero-order valence-electron chi connectivity index (χ0n) is 37.9. The van der Waals surface area contributed by atoms with Gasteiger partial charge >= 0.3 is 22.4 Å². The van der Waals surface area contributed by atoms with Crippen LogP contribution in [-0.2, 0) is 74.2 Å². The van der Waals surface area contributed by atoms with Gasteiger partial charge in [-0.3, -0.25) is 11.2 Å². The first-order chi connectivity index (χ1) is 23.7. The largest absolute Gasteiger partial charge is 2.00 e. The van der Waals surface area contributed by atoms with Gasteiger partial charge in [-0.05, 0) is 81.6 Å². The number of benzene rings is 1. The van der Waals surface area contributed by atoms with Crippen LogP contribution in [0.3, 0.4) is 0 Å². The molecule has 2 heterocycles. The van der Waals surface area contributed by atoms with Crippen molar-refractivity contribution in [2.24, 2.45) is 0 Å². The van der Waals surface area contributed by atoms with Crippen molar-refractivity contribution >= 4 is 33.3 Å². The fraction of sp³-hybridized carbons (Fsp3) is 0.533. The van der Waals surface area contributed by atoms with E-state index in [-0.39, 0.29) is 68.8 Å². The monoisotopic (exact) mass is 1140 g/mol. The molecule has 0 aliphatic heterocycles. The number of nitrogens with zero attached hydrogens (tertiary/aromatic N) is 2. The van der Waals surface area contributed by atoms with Gasteiger partial charge < -0.3 is 23.8 Å². The van der Waals surface area contributed by atoms with Gasteiger partial charge in [0.05, 0.1) is 12.4 Å². The number of aryl methyl sites for hydroxylation is 2. The minimum Gasteiger partial charge on any atom is -0.358 e. The number of pyridine rings is 2. The summed E-state index contributed by atoms with van der Waals surface area (Å²) >= 11 is 1.50. The van der Waals surface area contributed by atoms with E-state index in [4.69, 9.17) is 0 Å². The zero-order valence-corrected chi connectivity index (χ0v) is 46.8. The number of hydrogen-bond donors (Lipinski definition) is 0. The Kier molecular flexibility index (Phi) is 159. The molecule has 2 aromatic heterocycles. The zero-order chi connectivity index (χ0) is 40.0. The van der Waals surface area contributed by atoms with Crippen LogP contribution < -0.4 is 4.57 Å². The van der Waals surface area contributed by atoms with Crippen molar-refractivity contribution in [3.63, 3.8) is 0 Å². The summed E-state index contributed by atoms with van der Waals surface area (Å²) in [5.74, 6) is 0. The van der Waals surface area contributed by atoms with Crippen molar-refractivity contribution in [2.75, 3.05) is 18.8 Å².